The van der Waals surface area contributed by atoms with Gasteiger partial charge >= 0.3 is 0 Å². The van der Waals surface area contributed by atoms with Crippen molar-refractivity contribution in [3.05, 3.63) is 103 Å². The summed E-state index contributed by atoms with van der Waals surface area (Å²) in [7, 11) is 0. The van der Waals surface area contributed by atoms with Crippen LogP contribution in [0.4, 0.5) is 4.39 Å². The number of hydrogen-bond donors (Lipinski definition) is 1. The SMILES string of the molecule is O=C1NC(=NC(=O)c2ccccc2)S/C1=C\c1cc(Br)c(OCc2cccc(F)c2)c(Br)c1. The number of benzene rings is 3. The topological polar surface area (TPSA) is 67.8 Å². The largest absolute Gasteiger partial charge is 0.487 e. The number of nitrogens with zero attached hydrogens (tertiary/aromatic N) is 1. The maximum Gasteiger partial charge on any atom is 0.279 e. The molecule has 1 N–H and O–H groups in total. The molecule has 1 heterocycles. The van der Waals surface area contributed by atoms with Gasteiger partial charge in [0.1, 0.15) is 18.2 Å². The van der Waals surface area contributed by atoms with Crippen LogP contribution in [0.3, 0.4) is 0 Å². The number of hydrogen-bond acceptors (Lipinski definition) is 4. The predicted octanol–water partition coefficient (Wildman–Crippen LogP) is 6.33. The molecule has 3 aromatic rings. The van der Waals surface area contributed by atoms with E-state index in [0.717, 1.165) is 17.3 Å². The fraction of sp³-hybridized carbons (Fsp3) is 0.0417. The third-order valence-electron chi connectivity index (χ3n) is 4.47. The molecule has 3 aromatic carbocycles. The number of nitrogens with one attached hydrogen (secondary N) is 1. The Balaban J connectivity index is 1.49. The molecule has 5 nitrogen and oxygen atoms in total. The zero-order valence-corrected chi connectivity index (χ0v) is 20.8. The summed E-state index contributed by atoms with van der Waals surface area (Å²) < 4.78 is 20.5. The van der Waals surface area contributed by atoms with E-state index in [9.17, 15) is 14.0 Å². The number of aliphatic imine (C=N–C) groups is 1. The molecular formula is C24H15Br2FN2O3S. The summed E-state index contributed by atoms with van der Waals surface area (Å²) in [6.07, 6.45) is 1.70. The van der Waals surface area contributed by atoms with E-state index in [4.69, 9.17) is 4.74 Å². The molecule has 0 spiro atoms. The first kappa shape index (κ1) is 23.4. The smallest absolute Gasteiger partial charge is 0.279 e. The Hall–Kier alpha value is -2.75. The molecule has 1 aliphatic rings. The Morgan fingerprint density at radius 1 is 1.06 bits per heavy atom. The van der Waals surface area contributed by atoms with Gasteiger partial charge in [0.15, 0.2) is 5.17 Å². The number of halogens is 3. The van der Waals surface area contributed by atoms with Crippen LogP contribution in [0.2, 0.25) is 0 Å². The summed E-state index contributed by atoms with van der Waals surface area (Å²) in [4.78, 5) is 29.0. The normalized spacial score (nSPS) is 15.7. The Labute approximate surface area is 210 Å². The molecule has 1 fully saturated rings. The van der Waals surface area contributed by atoms with Gasteiger partial charge in [0, 0.05) is 5.56 Å². The highest BCUT2D eigenvalue weighted by Gasteiger charge is 2.25. The van der Waals surface area contributed by atoms with E-state index in [1.165, 1.54) is 12.1 Å². The van der Waals surface area contributed by atoms with Crippen molar-refractivity contribution in [1.82, 2.24) is 5.32 Å². The second-order valence-electron chi connectivity index (χ2n) is 6.89. The van der Waals surface area contributed by atoms with Gasteiger partial charge in [0.2, 0.25) is 0 Å². The number of carbonyl (C=O) groups excluding carboxylic acids is 2. The van der Waals surface area contributed by atoms with Gasteiger partial charge in [-0.1, -0.05) is 30.3 Å². The van der Waals surface area contributed by atoms with E-state index in [1.807, 2.05) is 6.07 Å². The van der Waals surface area contributed by atoms with Gasteiger partial charge < -0.3 is 10.1 Å². The molecule has 0 radical (unpaired) electrons. The Kier molecular flexibility index (Phi) is 7.42. The molecule has 9 heteroatoms. The molecule has 0 unspecified atom stereocenters. The first-order valence-electron chi connectivity index (χ1n) is 9.64. The first-order chi connectivity index (χ1) is 15.9. The van der Waals surface area contributed by atoms with Crippen molar-refractivity contribution in [2.45, 2.75) is 6.61 Å². The minimum Gasteiger partial charge on any atom is -0.487 e. The maximum absolute atomic E-state index is 13.4. The molecule has 1 aliphatic heterocycles. The van der Waals surface area contributed by atoms with Crippen molar-refractivity contribution in [2.24, 2.45) is 4.99 Å². The van der Waals surface area contributed by atoms with Crippen molar-refractivity contribution in [2.75, 3.05) is 0 Å². The summed E-state index contributed by atoms with van der Waals surface area (Å²) in [6, 6.07) is 18.4. The summed E-state index contributed by atoms with van der Waals surface area (Å²) in [5.74, 6) is -0.527. The minimum absolute atomic E-state index is 0.197. The third-order valence-corrected chi connectivity index (χ3v) is 6.55. The molecule has 2 amide bonds. The van der Waals surface area contributed by atoms with Gasteiger partial charge in [0.25, 0.3) is 11.8 Å². The van der Waals surface area contributed by atoms with Crippen LogP contribution in [0.25, 0.3) is 6.08 Å². The van der Waals surface area contributed by atoms with Crippen LogP contribution in [-0.4, -0.2) is 17.0 Å². The van der Waals surface area contributed by atoms with Crippen molar-refractivity contribution >= 4 is 66.7 Å². The average Bonchev–Trinajstić information content (AvgIpc) is 3.12. The van der Waals surface area contributed by atoms with Crippen molar-refractivity contribution < 1.29 is 18.7 Å². The Morgan fingerprint density at radius 3 is 2.48 bits per heavy atom. The van der Waals surface area contributed by atoms with Crippen molar-refractivity contribution in [3.8, 4) is 5.75 Å². The minimum atomic E-state index is -0.426. The fourth-order valence-corrected chi connectivity index (χ4v) is 5.22. The van der Waals surface area contributed by atoms with Gasteiger partial charge in [-0.15, -0.1) is 0 Å². The van der Waals surface area contributed by atoms with E-state index >= 15 is 0 Å². The van der Waals surface area contributed by atoms with E-state index in [0.29, 0.717) is 30.7 Å². The summed E-state index contributed by atoms with van der Waals surface area (Å²) in [5, 5.41) is 2.84. The zero-order chi connectivity index (χ0) is 23.4. The molecule has 4 rings (SSSR count). The Bertz CT molecular complexity index is 1270. The lowest BCUT2D eigenvalue weighted by molar-refractivity contribution is -0.115. The molecule has 1 saturated heterocycles. The highest BCUT2D eigenvalue weighted by molar-refractivity contribution is 9.11. The quantitative estimate of drug-likeness (QED) is 0.353. The fourth-order valence-electron chi connectivity index (χ4n) is 2.95. The van der Waals surface area contributed by atoms with Crippen LogP contribution in [-0.2, 0) is 11.4 Å². The maximum atomic E-state index is 13.4. The lowest BCUT2D eigenvalue weighted by atomic mass is 10.2. The van der Waals surface area contributed by atoms with E-state index < -0.39 is 5.91 Å². The van der Waals surface area contributed by atoms with E-state index in [1.54, 1.807) is 54.6 Å². The van der Waals surface area contributed by atoms with Crippen LogP contribution < -0.4 is 10.1 Å². The van der Waals surface area contributed by atoms with Gasteiger partial charge in [-0.25, -0.2) is 4.39 Å². The number of carbonyl (C=O) groups is 2. The molecular weight excluding hydrogens is 575 g/mol. The molecule has 0 aliphatic carbocycles. The van der Waals surface area contributed by atoms with E-state index in [-0.39, 0.29) is 23.5 Å². The molecule has 0 saturated carbocycles. The van der Waals surface area contributed by atoms with Crippen LogP contribution in [0.1, 0.15) is 21.5 Å². The van der Waals surface area contributed by atoms with Crippen LogP contribution in [0.5, 0.6) is 5.75 Å². The third kappa shape index (κ3) is 5.98. The molecule has 0 atom stereocenters. The molecule has 33 heavy (non-hydrogen) atoms. The number of amides is 2. The molecule has 0 bridgehead atoms. The number of amidine groups is 1. The molecule has 0 aromatic heterocycles. The number of ether oxygens (including phenoxy) is 1. The zero-order valence-electron chi connectivity index (χ0n) is 16.8. The number of thioether (sulfide) groups is 1. The standard InChI is InChI=1S/C24H15Br2FN2O3S/c25-18-10-15(11-19(26)21(18)32-13-14-5-4-8-17(27)9-14)12-20-23(31)29-24(33-20)28-22(30)16-6-2-1-3-7-16/h1-12H,13H2,(H,28,29,30,31)/b20-12-. The van der Waals surface area contributed by atoms with Gasteiger partial charge in [-0.3, -0.25) is 9.59 Å². The summed E-state index contributed by atoms with van der Waals surface area (Å²) >= 11 is 8.07. The monoisotopic (exact) mass is 588 g/mol. The van der Waals surface area contributed by atoms with Crippen LogP contribution in [0.15, 0.2) is 85.6 Å². The average molecular weight is 590 g/mol. The van der Waals surface area contributed by atoms with Gasteiger partial charge in [-0.2, -0.15) is 4.99 Å². The van der Waals surface area contributed by atoms with Crippen molar-refractivity contribution in [1.29, 1.82) is 0 Å². The van der Waals surface area contributed by atoms with Gasteiger partial charge in [0.05, 0.1) is 13.9 Å². The van der Waals surface area contributed by atoms with Crippen molar-refractivity contribution in [3.63, 3.8) is 0 Å². The van der Waals surface area contributed by atoms with Gasteiger partial charge in [-0.05, 0) is 97.2 Å². The van der Waals surface area contributed by atoms with E-state index in [2.05, 4.69) is 42.2 Å². The second-order valence-corrected chi connectivity index (χ2v) is 9.62. The number of rotatable bonds is 5. The summed E-state index contributed by atoms with van der Waals surface area (Å²) in [5.41, 5.74) is 1.88. The summed E-state index contributed by atoms with van der Waals surface area (Å²) in [6.45, 7) is 0.197. The van der Waals surface area contributed by atoms with Crippen LogP contribution in [0, 0.1) is 5.82 Å². The Morgan fingerprint density at radius 2 is 1.79 bits per heavy atom. The molecule has 166 valence electrons. The lowest BCUT2D eigenvalue weighted by Gasteiger charge is -2.11. The highest BCUT2D eigenvalue weighted by Crippen LogP contribution is 2.37. The lowest BCUT2D eigenvalue weighted by Crippen LogP contribution is -2.20. The highest BCUT2D eigenvalue weighted by atomic mass is 79.9. The predicted molar refractivity (Wildman–Crippen MR) is 134 cm³/mol. The first-order valence-corrected chi connectivity index (χ1v) is 12.0. The second kappa shape index (κ2) is 10.5. The van der Waals surface area contributed by atoms with Crippen LogP contribution >= 0.6 is 43.6 Å².